The number of imide groups is 1. The zero-order valence-electron chi connectivity index (χ0n) is 11.4. The molecular weight excluding hydrogens is 234 g/mol. The quantitative estimate of drug-likeness (QED) is 0.723. The molecule has 2 aliphatic rings. The molecule has 3 atom stereocenters. The molecule has 2 rings (SSSR count). The van der Waals surface area contributed by atoms with Crippen molar-refractivity contribution in [3.63, 3.8) is 0 Å². The monoisotopic (exact) mass is 255 g/mol. The van der Waals surface area contributed by atoms with Gasteiger partial charge in [-0.3, -0.25) is 0 Å². The summed E-state index contributed by atoms with van der Waals surface area (Å²) in [6, 6.07) is -0.141. The zero-order chi connectivity index (χ0) is 13.5. The van der Waals surface area contributed by atoms with Gasteiger partial charge in [-0.25, -0.2) is 14.5 Å². The van der Waals surface area contributed by atoms with Crippen LogP contribution in [0.2, 0.25) is 0 Å². The maximum absolute atomic E-state index is 12.0. The molecule has 1 aliphatic carbocycles. The fourth-order valence-electron chi connectivity index (χ4n) is 2.65. The average Bonchev–Trinajstić information content (AvgIpc) is 2.70. The Morgan fingerprint density at radius 1 is 1.44 bits per heavy atom. The zero-order valence-corrected chi connectivity index (χ0v) is 11.4. The third-order valence-corrected chi connectivity index (χ3v) is 3.52. The van der Waals surface area contributed by atoms with Crippen molar-refractivity contribution in [2.75, 3.05) is 0 Å². The fourth-order valence-corrected chi connectivity index (χ4v) is 2.65. The van der Waals surface area contributed by atoms with Crippen molar-refractivity contribution in [1.29, 1.82) is 0 Å². The molecule has 1 saturated carbocycles. The Labute approximate surface area is 107 Å². The van der Waals surface area contributed by atoms with Gasteiger partial charge in [0.25, 0.3) is 0 Å². The van der Waals surface area contributed by atoms with Crippen LogP contribution in [0.3, 0.4) is 0 Å². The first-order valence-electron chi connectivity index (χ1n) is 6.54. The lowest BCUT2D eigenvalue weighted by Gasteiger charge is -2.25. The lowest BCUT2D eigenvalue weighted by atomic mass is 10.1. The molecular formula is C13H21NO4. The van der Waals surface area contributed by atoms with Crippen molar-refractivity contribution < 1.29 is 19.1 Å². The molecule has 102 valence electrons. The Balaban J connectivity index is 2.08. The van der Waals surface area contributed by atoms with E-state index in [-0.39, 0.29) is 12.1 Å². The lowest BCUT2D eigenvalue weighted by Crippen LogP contribution is -2.42. The molecule has 0 aromatic rings. The van der Waals surface area contributed by atoms with Gasteiger partial charge in [-0.15, -0.1) is 0 Å². The largest absolute Gasteiger partial charge is 0.443 e. The first kappa shape index (κ1) is 13.2. The first-order valence-corrected chi connectivity index (χ1v) is 6.54. The van der Waals surface area contributed by atoms with E-state index in [4.69, 9.17) is 9.47 Å². The topological polar surface area (TPSA) is 55.8 Å². The number of rotatable bonds is 1. The lowest BCUT2D eigenvalue weighted by molar-refractivity contribution is 0.0285. The van der Waals surface area contributed by atoms with Crippen LogP contribution in [-0.2, 0) is 9.47 Å². The van der Waals surface area contributed by atoms with Crippen LogP contribution in [0.15, 0.2) is 0 Å². The molecule has 1 aliphatic heterocycles. The second kappa shape index (κ2) is 4.44. The maximum Gasteiger partial charge on any atom is 0.420 e. The standard InChI is InChI=1S/C13H21NO4/c1-5-8-6-9-10(7-8)17-11(15)14(9)12(16)18-13(2,3)4/h8-10H,5-7H2,1-4H3. The van der Waals surface area contributed by atoms with Crippen LogP contribution in [-0.4, -0.2) is 34.8 Å². The second-order valence-electron chi connectivity index (χ2n) is 6.09. The SMILES string of the molecule is CCC1CC2OC(=O)N(C(=O)OC(C)(C)C)C2C1. The maximum atomic E-state index is 12.0. The van der Waals surface area contributed by atoms with Gasteiger partial charge < -0.3 is 9.47 Å². The third kappa shape index (κ3) is 2.44. The minimum absolute atomic E-state index is 0.141. The number of fused-ring (bicyclic) bond motifs is 1. The molecule has 2 fully saturated rings. The van der Waals surface area contributed by atoms with Crippen molar-refractivity contribution in [3.05, 3.63) is 0 Å². The summed E-state index contributed by atoms with van der Waals surface area (Å²) in [5, 5.41) is 0. The van der Waals surface area contributed by atoms with Crippen LogP contribution < -0.4 is 0 Å². The van der Waals surface area contributed by atoms with Crippen LogP contribution >= 0.6 is 0 Å². The van der Waals surface area contributed by atoms with Gasteiger partial charge in [0.2, 0.25) is 0 Å². The van der Waals surface area contributed by atoms with Crippen LogP contribution in [0.25, 0.3) is 0 Å². The minimum atomic E-state index is -0.599. The highest BCUT2D eigenvalue weighted by atomic mass is 16.6. The Hall–Kier alpha value is -1.26. The Kier molecular flexibility index (Phi) is 3.25. The second-order valence-corrected chi connectivity index (χ2v) is 6.09. The number of hydrogen-bond donors (Lipinski definition) is 0. The van der Waals surface area contributed by atoms with Crippen molar-refractivity contribution in [1.82, 2.24) is 4.90 Å². The molecule has 1 heterocycles. The highest BCUT2D eigenvalue weighted by Crippen LogP contribution is 2.38. The average molecular weight is 255 g/mol. The van der Waals surface area contributed by atoms with E-state index in [1.165, 1.54) is 0 Å². The third-order valence-electron chi connectivity index (χ3n) is 3.52. The smallest absolute Gasteiger partial charge is 0.420 e. The van der Waals surface area contributed by atoms with E-state index >= 15 is 0 Å². The Bertz CT molecular complexity index is 360. The molecule has 5 heteroatoms. The molecule has 0 spiro atoms. The molecule has 3 unspecified atom stereocenters. The van der Waals surface area contributed by atoms with Crippen molar-refractivity contribution in [3.8, 4) is 0 Å². The molecule has 0 N–H and O–H groups in total. The van der Waals surface area contributed by atoms with Crippen molar-refractivity contribution in [2.24, 2.45) is 5.92 Å². The van der Waals surface area contributed by atoms with Gasteiger partial charge in [0.15, 0.2) is 0 Å². The molecule has 0 aromatic heterocycles. The molecule has 5 nitrogen and oxygen atoms in total. The Morgan fingerprint density at radius 3 is 2.67 bits per heavy atom. The molecule has 0 aromatic carbocycles. The van der Waals surface area contributed by atoms with Gasteiger partial charge in [-0.05, 0) is 39.5 Å². The highest BCUT2D eigenvalue weighted by Gasteiger charge is 2.51. The number of carbonyl (C=O) groups is 2. The van der Waals surface area contributed by atoms with Crippen LogP contribution in [0.4, 0.5) is 9.59 Å². The molecule has 18 heavy (non-hydrogen) atoms. The van der Waals surface area contributed by atoms with Gasteiger partial charge in [-0.1, -0.05) is 13.3 Å². The molecule has 1 saturated heterocycles. The fraction of sp³-hybridized carbons (Fsp3) is 0.846. The van der Waals surface area contributed by atoms with E-state index in [2.05, 4.69) is 6.92 Å². The summed E-state index contributed by atoms with van der Waals surface area (Å²) in [6.45, 7) is 7.47. The predicted octanol–water partition coefficient (Wildman–Crippen LogP) is 2.93. The number of ether oxygens (including phenoxy) is 2. The molecule has 0 bridgehead atoms. The van der Waals surface area contributed by atoms with E-state index in [1.54, 1.807) is 20.8 Å². The summed E-state index contributed by atoms with van der Waals surface area (Å²) in [6.07, 6.45) is 1.44. The number of hydrogen-bond acceptors (Lipinski definition) is 4. The number of nitrogens with zero attached hydrogens (tertiary/aromatic N) is 1. The summed E-state index contributed by atoms with van der Waals surface area (Å²) in [4.78, 5) is 24.9. The van der Waals surface area contributed by atoms with Gasteiger partial charge >= 0.3 is 12.2 Å². The minimum Gasteiger partial charge on any atom is -0.443 e. The van der Waals surface area contributed by atoms with E-state index in [0.29, 0.717) is 5.92 Å². The summed E-state index contributed by atoms with van der Waals surface area (Å²) in [5.41, 5.74) is -0.599. The summed E-state index contributed by atoms with van der Waals surface area (Å²) >= 11 is 0. The van der Waals surface area contributed by atoms with Crippen LogP contribution in [0.5, 0.6) is 0 Å². The van der Waals surface area contributed by atoms with Crippen molar-refractivity contribution in [2.45, 2.75) is 64.7 Å². The van der Waals surface area contributed by atoms with E-state index in [0.717, 1.165) is 24.2 Å². The normalized spacial score (nSPS) is 31.2. The van der Waals surface area contributed by atoms with Gasteiger partial charge in [-0.2, -0.15) is 0 Å². The summed E-state index contributed by atoms with van der Waals surface area (Å²) in [7, 11) is 0. The van der Waals surface area contributed by atoms with Gasteiger partial charge in [0.1, 0.15) is 11.7 Å². The Morgan fingerprint density at radius 2 is 2.11 bits per heavy atom. The highest BCUT2D eigenvalue weighted by molar-refractivity contribution is 5.90. The first-order chi connectivity index (χ1) is 8.31. The molecule has 2 amide bonds. The van der Waals surface area contributed by atoms with Crippen LogP contribution in [0, 0.1) is 5.92 Å². The summed E-state index contributed by atoms with van der Waals surface area (Å²) in [5.74, 6) is 0.526. The number of carbonyl (C=O) groups excluding carboxylic acids is 2. The van der Waals surface area contributed by atoms with E-state index in [9.17, 15) is 9.59 Å². The van der Waals surface area contributed by atoms with Crippen LogP contribution in [0.1, 0.15) is 47.0 Å². The summed E-state index contributed by atoms with van der Waals surface area (Å²) < 4.78 is 10.5. The van der Waals surface area contributed by atoms with Gasteiger partial charge in [0.05, 0.1) is 6.04 Å². The predicted molar refractivity (Wildman–Crippen MR) is 65.1 cm³/mol. The van der Waals surface area contributed by atoms with E-state index in [1.807, 2.05) is 0 Å². The van der Waals surface area contributed by atoms with E-state index < -0.39 is 17.8 Å². The van der Waals surface area contributed by atoms with Crippen molar-refractivity contribution >= 4 is 12.2 Å². The molecule has 0 radical (unpaired) electrons. The van der Waals surface area contributed by atoms with Gasteiger partial charge in [0, 0.05) is 0 Å². The number of amides is 2.